The van der Waals surface area contributed by atoms with Crippen LogP contribution in [0.25, 0.3) is 5.57 Å². The van der Waals surface area contributed by atoms with Crippen LogP contribution in [0.2, 0.25) is 0 Å². The topological polar surface area (TPSA) is 9.23 Å². The van der Waals surface area contributed by atoms with Crippen LogP contribution < -0.4 is 0 Å². The van der Waals surface area contributed by atoms with Crippen molar-refractivity contribution in [3.8, 4) is 0 Å². The highest BCUT2D eigenvalue weighted by Gasteiger charge is 2.31. The van der Waals surface area contributed by atoms with E-state index in [1.165, 1.54) is 48.3 Å². The zero-order chi connectivity index (χ0) is 14.3. The van der Waals surface area contributed by atoms with E-state index in [-0.39, 0.29) is 0 Å². The molecular formula is C18H26OS. The molecule has 1 aliphatic heterocycles. The van der Waals surface area contributed by atoms with Crippen LogP contribution in [0.1, 0.15) is 45.1 Å². The molecule has 1 fully saturated rings. The number of hydrogen-bond acceptors (Lipinski definition) is 2. The number of thioether (sulfide) groups is 1. The Kier molecular flexibility index (Phi) is 6.03. The third-order valence-corrected chi connectivity index (χ3v) is 5.70. The van der Waals surface area contributed by atoms with Gasteiger partial charge in [-0.1, -0.05) is 37.3 Å². The van der Waals surface area contributed by atoms with Crippen molar-refractivity contribution in [2.24, 2.45) is 5.41 Å². The Morgan fingerprint density at radius 1 is 1.35 bits per heavy atom. The summed E-state index contributed by atoms with van der Waals surface area (Å²) in [6, 6.07) is 10.4. The van der Waals surface area contributed by atoms with Gasteiger partial charge in [0.05, 0.1) is 12.9 Å². The Labute approximate surface area is 127 Å². The maximum Gasteiger partial charge on any atom is 0.0873 e. The maximum absolute atomic E-state index is 5.73. The Hall–Kier alpha value is -0.890. The molecule has 0 aromatic heterocycles. The lowest BCUT2D eigenvalue weighted by Gasteiger charge is -2.26. The monoisotopic (exact) mass is 290 g/mol. The number of rotatable bonds is 7. The van der Waals surface area contributed by atoms with E-state index >= 15 is 0 Å². The highest BCUT2D eigenvalue weighted by atomic mass is 32.2. The van der Waals surface area contributed by atoms with E-state index in [9.17, 15) is 0 Å². The van der Waals surface area contributed by atoms with Crippen molar-refractivity contribution in [1.82, 2.24) is 0 Å². The summed E-state index contributed by atoms with van der Waals surface area (Å²) in [5, 5.41) is 0. The van der Waals surface area contributed by atoms with Crippen molar-refractivity contribution in [3.05, 3.63) is 42.2 Å². The van der Waals surface area contributed by atoms with Gasteiger partial charge in [-0.15, -0.1) is 0 Å². The number of benzene rings is 1. The molecule has 0 aliphatic carbocycles. The molecule has 1 aliphatic rings. The standard InChI is InChI=1S/C18H26OS/c1-3-18(11-13-20-15-18)10-7-12-19-14-16(2)17-8-5-4-6-9-17/h4-6,8-9,14H,3,7,10-13,15H2,1-2H3/b16-14-. The first-order valence-corrected chi connectivity index (χ1v) is 8.83. The fraction of sp³-hybridized carbons (Fsp3) is 0.556. The molecule has 1 nitrogen and oxygen atoms in total. The molecule has 2 rings (SSSR count). The second kappa shape index (κ2) is 7.78. The average Bonchev–Trinajstić information content (AvgIpc) is 2.97. The molecule has 1 unspecified atom stereocenters. The van der Waals surface area contributed by atoms with Crippen LogP contribution in [0, 0.1) is 5.41 Å². The molecule has 2 heteroatoms. The summed E-state index contributed by atoms with van der Waals surface area (Å²) in [6.45, 7) is 5.29. The normalized spacial score (nSPS) is 23.0. The van der Waals surface area contributed by atoms with Crippen molar-refractivity contribution in [2.75, 3.05) is 18.1 Å². The highest BCUT2D eigenvalue weighted by molar-refractivity contribution is 7.99. The van der Waals surface area contributed by atoms with Gasteiger partial charge in [0.15, 0.2) is 0 Å². The lowest BCUT2D eigenvalue weighted by atomic mass is 9.80. The largest absolute Gasteiger partial charge is 0.501 e. The van der Waals surface area contributed by atoms with Gasteiger partial charge >= 0.3 is 0 Å². The fourth-order valence-electron chi connectivity index (χ4n) is 2.79. The lowest BCUT2D eigenvalue weighted by Crippen LogP contribution is -2.19. The van der Waals surface area contributed by atoms with Crippen molar-refractivity contribution < 1.29 is 4.74 Å². The zero-order valence-electron chi connectivity index (χ0n) is 12.7. The van der Waals surface area contributed by atoms with Crippen LogP contribution in [0.4, 0.5) is 0 Å². The number of allylic oxidation sites excluding steroid dienone is 1. The van der Waals surface area contributed by atoms with Gasteiger partial charge in [-0.2, -0.15) is 11.8 Å². The van der Waals surface area contributed by atoms with Crippen LogP contribution >= 0.6 is 11.8 Å². The van der Waals surface area contributed by atoms with Gasteiger partial charge in [0.25, 0.3) is 0 Å². The summed E-state index contributed by atoms with van der Waals surface area (Å²) in [4.78, 5) is 0. The maximum atomic E-state index is 5.73. The van der Waals surface area contributed by atoms with Crippen LogP contribution in [0.15, 0.2) is 36.6 Å². The van der Waals surface area contributed by atoms with Gasteiger partial charge in [-0.05, 0) is 60.7 Å². The third-order valence-electron chi connectivity index (χ3n) is 4.39. The molecule has 1 saturated heterocycles. The minimum atomic E-state index is 0.603. The Bertz CT molecular complexity index is 418. The molecular weight excluding hydrogens is 264 g/mol. The predicted octanol–water partition coefficient (Wildman–Crippen LogP) is 5.38. The summed E-state index contributed by atoms with van der Waals surface area (Å²) >= 11 is 2.12. The molecule has 1 atom stereocenters. The second-order valence-electron chi connectivity index (χ2n) is 5.80. The van der Waals surface area contributed by atoms with Crippen LogP contribution in [-0.4, -0.2) is 18.1 Å². The summed E-state index contributed by atoms with van der Waals surface area (Å²) in [5.41, 5.74) is 3.05. The van der Waals surface area contributed by atoms with Crippen molar-refractivity contribution in [3.63, 3.8) is 0 Å². The van der Waals surface area contributed by atoms with Gasteiger partial charge in [0, 0.05) is 0 Å². The van der Waals surface area contributed by atoms with E-state index in [1.807, 2.05) is 12.3 Å². The Morgan fingerprint density at radius 3 is 2.80 bits per heavy atom. The summed E-state index contributed by atoms with van der Waals surface area (Å²) in [6.07, 6.45) is 7.12. The SMILES string of the molecule is CCC1(CCCO/C=C(/C)c2ccccc2)CCSC1. The highest BCUT2D eigenvalue weighted by Crippen LogP contribution is 2.42. The molecule has 0 bridgehead atoms. The molecule has 0 N–H and O–H groups in total. The first-order valence-electron chi connectivity index (χ1n) is 7.67. The molecule has 0 spiro atoms. The fourth-order valence-corrected chi connectivity index (χ4v) is 4.43. The third kappa shape index (κ3) is 4.31. The lowest BCUT2D eigenvalue weighted by molar-refractivity contribution is 0.206. The number of hydrogen-bond donors (Lipinski definition) is 0. The van der Waals surface area contributed by atoms with Crippen molar-refractivity contribution >= 4 is 17.3 Å². The van der Waals surface area contributed by atoms with E-state index in [4.69, 9.17) is 4.74 Å². The summed E-state index contributed by atoms with van der Waals surface area (Å²) in [7, 11) is 0. The van der Waals surface area contributed by atoms with E-state index < -0.39 is 0 Å². The van der Waals surface area contributed by atoms with Gasteiger partial charge in [0.2, 0.25) is 0 Å². The molecule has 0 saturated carbocycles. The number of ether oxygens (including phenoxy) is 1. The molecule has 110 valence electrons. The first kappa shape index (κ1) is 15.5. The molecule has 1 aromatic rings. The zero-order valence-corrected chi connectivity index (χ0v) is 13.5. The van der Waals surface area contributed by atoms with E-state index in [2.05, 4.69) is 49.9 Å². The van der Waals surface area contributed by atoms with Crippen LogP contribution in [0.3, 0.4) is 0 Å². The van der Waals surface area contributed by atoms with Crippen LogP contribution in [0.5, 0.6) is 0 Å². The smallest absolute Gasteiger partial charge is 0.0873 e. The van der Waals surface area contributed by atoms with E-state index in [0.29, 0.717) is 5.41 Å². The van der Waals surface area contributed by atoms with Crippen molar-refractivity contribution in [2.45, 2.75) is 39.5 Å². The summed E-state index contributed by atoms with van der Waals surface area (Å²) < 4.78 is 5.73. The van der Waals surface area contributed by atoms with Crippen molar-refractivity contribution in [1.29, 1.82) is 0 Å². The molecule has 0 amide bonds. The predicted molar refractivity (Wildman–Crippen MR) is 89.9 cm³/mol. The van der Waals surface area contributed by atoms with Gasteiger partial charge in [-0.3, -0.25) is 0 Å². The minimum absolute atomic E-state index is 0.603. The van der Waals surface area contributed by atoms with Gasteiger partial charge < -0.3 is 4.74 Å². The average molecular weight is 290 g/mol. The molecule has 1 aromatic carbocycles. The molecule has 0 radical (unpaired) electrons. The Balaban J connectivity index is 1.71. The van der Waals surface area contributed by atoms with E-state index in [0.717, 1.165) is 6.61 Å². The quantitative estimate of drug-likeness (QED) is 0.492. The second-order valence-corrected chi connectivity index (χ2v) is 6.90. The van der Waals surface area contributed by atoms with Gasteiger partial charge in [-0.25, -0.2) is 0 Å². The van der Waals surface area contributed by atoms with Gasteiger partial charge in [0.1, 0.15) is 0 Å². The minimum Gasteiger partial charge on any atom is -0.501 e. The van der Waals surface area contributed by atoms with E-state index in [1.54, 1.807) is 0 Å². The first-order chi connectivity index (χ1) is 9.76. The Morgan fingerprint density at radius 2 is 2.15 bits per heavy atom. The summed E-state index contributed by atoms with van der Waals surface area (Å²) in [5.74, 6) is 2.70. The molecule has 1 heterocycles. The molecule has 20 heavy (non-hydrogen) atoms. The van der Waals surface area contributed by atoms with Crippen LogP contribution in [-0.2, 0) is 4.74 Å².